The van der Waals surface area contributed by atoms with E-state index in [0.717, 1.165) is 0 Å². The Morgan fingerprint density at radius 1 is 0.750 bits per heavy atom. The molecular formula is Cu2S2. The third-order valence-corrected chi connectivity index (χ3v) is 0. The van der Waals surface area contributed by atoms with Gasteiger partial charge in [0, 0.05) is 0 Å². The summed E-state index contributed by atoms with van der Waals surface area (Å²) in [6, 6.07) is 0. The third-order valence-electron chi connectivity index (χ3n) is 0. The van der Waals surface area contributed by atoms with E-state index in [1.807, 2.05) is 0 Å². The van der Waals surface area contributed by atoms with Gasteiger partial charge in [-0.15, -0.1) is 0 Å². The number of hydrogen-bond acceptors (Lipinski definition) is 2. The summed E-state index contributed by atoms with van der Waals surface area (Å²) in [5.41, 5.74) is 0. The van der Waals surface area contributed by atoms with Gasteiger partial charge in [0.15, 0.2) is 0 Å². The minimum atomic E-state index is 0. The molecule has 34 valence electrons. The quantitative estimate of drug-likeness (QED) is 0.300. The average Bonchev–Trinajstić information content (AvgIpc) is 1.00. The Balaban J connectivity index is -0.00000000500. The van der Waals surface area contributed by atoms with Gasteiger partial charge in [0.1, 0.15) is 0 Å². The molecule has 0 atom stereocenters. The first-order valence-electron chi connectivity index (χ1n) is 0.167. The molecule has 0 aromatic carbocycles. The third kappa shape index (κ3) is 9.28. The molecule has 0 saturated carbocycles. The maximum absolute atomic E-state index is 3.67. The van der Waals surface area contributed by atoms with Crippen LogP contribution in [0.4, 0.5) is 0 Å². The molecule has 0 aliphatic rings. The summed E-state index contributed by atoms with van der Waals surface area (Å²) in [7, 11) is 0. The van der Waals surface area contributed by atoms with Crippen LogP contribution in [-0.2, 0) is 57.5 Å². The molecule has 0 aliphatic heterocycles. The molecule has 0 bridgehead atoms. The van der Waals surface area contributed by atoms with E-state index in [4.69, 9.17) is 0 Å². The molecule has 0 aliphatic carbocycles. The van der Waals surface area contributed by atoms with Crippen LogP contribution in [0.1, 0.15) is 0 Å². The Morgan fingerprint density at radius 2 is 0.750 bits per heavy atom. The van der Waals surface area contributed by atoms with E-state index in [1.54, 1.807) is 0 Å². The molecule has 0 amide bonds. The average molecular weight is 191 g/mol. The van der Waals surface area contributed by atoms with Crippen molar-refractivity contribution in [3.8, 4) is 0 Å². The van der Waals surface area contributed by atoms with E-state index in [1.165, 1.54) is 0 Å². The summed E-state index contributed by atoms with van der Waals surface area (Å²) in [4.78, 5) is 0. The van der Waals surface area contributed by atoms with Gasteiger partial charge >= 0.3 is 34.1 Å². The summed E-state index contributed by atoms with van der Waals surface area (Å²) in [6.45, 7) is 0. The van der Waals surface area contributed by atoms with Crippen LogP contribution >= 0.6 is 0 Å². The van der Waals surface area contributed by atoms with Gasteiger partial charge in [-0.2, -0.15) is 0 Å². The molecule has 0 aromatic rings. The SMILES string of the molecule is [Cu+].[Cu+].[S-][S-]. The summed E-state index contributed by atoms with van der Waals surface area (Å²) in [5, 5.41) is 0. The molecule has 0 spiro atoms. The van der Waals surface area contributed by atoms with Crippen LogP contribution in [-0.4, -0.2) is 0 Å². The van der Waals surface area contributed by atoms with Crippen molar-refractivity contribution < 1.29 is 34.1 Å². The fourth-order valence-corrected chi connectivity index (χ4v) is 0. The van der Waals surface area contributed by atoms with Crippen LogP contribution in [0.3, 0.4) is 0 Å². The van der Waals surface area contributed by atoms with E-state index in [2.05, 4.69) is 23.3 Å². The zero-order valence-electron chi connectivity index (χ0n) is 1.42. The van der Waals surface area contributed by atoms with Crippen molar-refractivity contribution in [2.75, 3.05) is 0 Å². The second-order valence-electron chi connectivity index (χ2n) is 0. The molecule has 0 radical (unpaired) electrons. The molecule has 0 N–H and O–H groups in total. The van der Waals surface area contributed by atoms with Crippen molar-refractivity contribution in [3.05, 3.63) is 0 Å². The molecule has 0 saturated heterocycles. The molecule has 0 heterocycles. The zero-order chi connectivity index (χ0) is 2.00. The zero-order valence-corrected chi connectivity index (χ0v) is 4.94. The number of rotatable bonds is 0. The molecule has 4 heteroatoms. The van der Waals surface area contributed by atoms with Gasteiger partial charge in [-0.3, -0.25) is 0 Å². The first-order valence-corrected chi connectivity index (χ1v) is 1.50. The Kier molecular flexibility index (Phi) is 94.1. The van der Waals surface area contributed by atoms with E-state index in [0.29, 0.717) is 0 Å². The topological polar surface area (TPSA) is 0 Å². The summed E-state index contributed by atoms with van der Waals surface area (Å²) < 4.78 is 0. The second-order valence-corrected chi connectivity index (χ2v) is 0. The minimum absolute atomic E-state index is 0. The smallest absolute Gasteiger partial charge is 1.00 e. The molecule has 0 nitrogen and oxygen atoms in total. The standard InChI is InChI=1S/2Cu.S2/c;;1-2/q2*+1;-2. The van der Waals surface area contributed by atoms with Crippen LogP contribution in [0.2, 0.25) is 0 Å². The second kappa shape index (κ2) is 21.9. The summed E-state index contributed by atoms with van der Waals surface area (Å²) in [5.74, 6) is 0. The van der Waals surface area contributed by atoms with Gasteiger partial charge < -0.3 is 23.3 Å². The fraction of sp³-hybridized carbons (Fsp3) is 0. The summed E-state index contributed by atoms with van der Waals surface area (Å²) in [6.07, 6.45) is 0. The Hall–Kier alpha value is 1.74. The molecule has 0 rings (SSSR count). The normalized spacial score (nSPS) is 1.50. The van der Waals surface area contributed by atoms with Gasteiger partial charge in [-0.05, 0) is 0 Å². The van der Waals surface area contributed by atoms with Crippen LogP contribution in [0.15, 0.2) is 0 Å². The molecule has 0 aromatic heterocycles. The predicted octanol–water partition coefficient (Wildman–Crippen LogP) is -0.00980. The molecule has 0 unspecified atom stereocenters. The van der Waals surface area contributed by atoms with Crippen molar-refractivity contribution in [2.24, 2.45) is 0 Å². The van der Waals surface area contributed by atoms with E-state index >= 15 is 0 Å². The van der Waals surface area contributed by atoms with Crippen LogP contribution in [0.25, 0.3) is 0 Å². The maximum Gasteiger partial charge on any atom is 1.00 e. The van der Waals surface area contributed by atoms with Crippen LogP contribution in [0, 0.1) is 0 Å². The van der Waals surface area contributed by atoms with Crippen molar-refractivity contribution in [2.45, 2.75) is 0 Å². The number of hydrogen-bond donors (Lipinski definition) is 0. The first kappa shape index (κ1) is 17.2. The molecular weight excluding hydrogens is 191 g/mol. The van der Waals surface area contributed by atoms with Gasteiger partial charge in [-0.25, -0.2) is 0 Å². The van der Waals surface area contributed by atoms with Crippen LogP contribution in [0.5, 0.6) is 0 Å². The molecule has 0 fully saturated rings. The molecule has 4 heavy (non-hydrogen) atoms. The minimum Gasteiger partial charge on any atom is -1.00 e. The Bertz CT molecular complexity index is 4.00. The van der Waals surface area contributed by atoms with E-state index in [-0.39, 0.29) is 34.1 Å². The van der Waals surface area contributed by atoms with Gasteiger partial charge in [0.05, 0.1) is 0 Å². The van der Waals surface area contributed by atoms with Crippen molar-refractivity contribution in [3.63, 3.8) is 0 Å². The monoisotopic (exact) mass is 190 g/mol. The Labute approximate surface area is 57.3 Å². The van der Waals surface area contributed by atoms with Gasteiger partial charge in [0.2, 0.25) is 0 Å². The van der Waals surface area contributed by atoms with Crippen molar-refractivity contribution >= 4 is 23.3 Å². The first-order chi connectivity index (χ1) is 1.00. The fourth-order valence-electron chi connectivity index (χ4n) is 0. The van der Waals surface area contributed by atoms with Crippen molar-refractivity contribution in [1.29, 1.82) is 0 Å². The predicted molar refractivity (Wildman–Crippen MR) is 14.7 cm³/mol. The summed E-state index contributed by atoms with van der Waals surface area (Å²) >= 11 is 7.33. The van der Waals surface area contributed by atoms with Crippen LogP contribution < -0.4 is 0 Å². The Morgan fingerprint density at radius 3 is 0.750 bits per heavy atom. The van der Waals surface area contributed by atoms with E-state index in [9.17, 15) is 0 Å². The maximum atomic E-state index is 3.67. The van der Waals surface area contributed by atoms with Crippen molar-refractivity contribution in [1.82, 2.24) is 0 Å². The largest absolute Gasteiger partial charge is 1.00 e. The van der Waals surface area contributed by atoms with E-state index < -0.39 is 0 Å². The van der Waals surface area contributed by atoms with Gasteiger partial charge in [0.25, 0.3) is 0 Å². The van der Waals surface area contributed by atoms with Gasteiger partial charge in [-0.1, -0.05) is 0 Å².